The number of hydrogen-bond acceptors (Lipinski definition) is 6. The van der Waals surface area contributed by atoms with Gasteiger partial charge in [0.15, 0.2) is 6.10 Å². The first-order valence-electron chi connectivity index (χ1n) is 10.9. The largest absolute Gasteiger partial charge is 0.495 e. The van der Waals surface area contributed by atoms with E-state index in [4.69, 9.17) is 9.47 Å². The number of nitrogens with zero attached hydrogens (tertiary/aromatic N) is 1. The Balaban J connectivity index is 1.70. The summed E-state index contributed by atoms with van der Waals surface area (Å²) >= 11 is 0. The fourth-order valence-electron chi connectivity index (χ4n) is 4.00. The number of sulfonamides is 1. The van der Waals surface area contributed by atoms with Crippen LogP contribution in [0.3, 0.4) is 0 Å². The van der Waals surface area contributed by atoms with Crippen LogP contribution in [0.5, 0.6) is 5.75 Å². The van der Waals surface area contributed by atoms with Crippen molar-refractivity contribution >= 4 is 27.6 Å². The molecule has 0 saturated carbocycles. The number of nitrogens with one attached hydrogen (secondary N) is 1. The first-order chi connectivity index (χ1) is 15.6. The molecule has 1 aliphatic rings. The molecule has 1 amide bonds. The second-order valence-electron chi connectivity index (χ2n) is 8.53. The molecule has 3 rings (SSSR count). The van der Waals surface area contributed by atoms with Gasteiger partial charge in [0.2, 0.25) is 10.0 Å². The van der Waals surface area contributed by atoms with Crippen LogP contribution in [0.25, 0.3) is 0 Å². The minimum absolute atomic E-state index is 0.0318. The van der Waals surface area contributed by atoms with Gasteiger partial charge in [-0.15, -0.1) is 0 Å². The van der Waals surface area contributed by atoms with E-state index in [9.17, 15) is 18.0 Å². The minimum atomic E-state index is -3.74. The first kappa shape index (κ1) is 24.7. The van der Waals surface area contributed by atoms with Crippen LogP contribution in [0.1, 0.15) is 37.6 Å². The van der Waals surface area contributed by atoms with Gasteiger partial charge in [0.05, 0.1) is 23.3 Å². The molecule has 2 aromatic carbocycles. The van der Waals surface area contributed by atoms with Gasteiger partial charge in [-0.2, -0.15) is 4.31 Å². The van der Waals surface area contributed by atoms with Gasteiger partial charge in [-0.1, -0.05) is 32.0 Å². The number of piperidine rings is 1. The molecule has 0 radical (unpaired) electrons. The lowest BCUT2D eigenvalue weighted by Gasteiger charge is -2.34. The molecule has 1 fully saturated rings. The van der Waals surface area contributed by atoms with Gasteiger partial charge in [0, 0.05) is 13.1 Å². The van der Waals surface area contributed by atoms with Crippen molar-refractivity contribution < 1.29 is 27.5 Å². The van der Waals surface area contributed by atoms with E-state index in [-0.39, 0.29) is 22.3 Å². The van der Waals surface area contributed by atoms with Gasteiger partial charge in [-0.05, 0) is 55.5 Å². The summed E-state index contributed by atoms with van der Waals surface area (Å²) < 4.78 is 38.3. The van der Waals surface area contributed by atoms with Crippen LogP contribution in [0, 0.1) is 11.8 Å². The fourth-order valence-corrected chi connectivity index (χ4v) is 5.73. The molecular weight excluding hydrogens is 444 g/mol. The average Bonchev–Trinajstić information content (AvgIpc) is 2.78. The normalized spacial score (nSPS) is 20.0. The second kappa shape index (κ2) is 10.4. The molecule has 1 heterocycles. The number of carbonyl (C=O) groups is 2. The van der Waals surface area contributed by atoms with Crippen LogP contribution in [0.4, 0.5) is 5.69 Å². The Morgan fingerprint density at radius 1 is 1.06 bits per heavy atom. The summed E-state index contributed by atoms with van der Waals surface area (Å²) in [6.07, 6.45) is -0.126. The molecule has 178 valence electrons. The third-order valence-corrected chi connectivity index (χ3v) is 7.39. The van der Waals surface area contributed by atoms with E-state index in [0.29, 0.717) is 24.5 Å². The van der Waals surface area contributed by atoms with Gasteiger partial charge in [-0.3, -0.25) is 4.79 Å². The van der Waals surface area contributed by atoms with Crippen molar-refractivity contribution in [3.05, 3.63) is 54.1 Å². The monoisotopic (exact) mass is 474 g/mol. The number of esters is 1. The van der Waals surface area contributed by atoms with E-state index < -0.39 is 28.0 Å². The Kier molecular flexibility index (Phi) is 7.76. The highest BCUT2D eigenvalue weighted by atomic mass is 32.2. The highest BCUT2D eigenvalue weighted by Crippen LogP contribution is 2.27. The third kappa shape index (κ3) is 5.91. The highest BCUT2D eigenvalue weighted by Gasteiger charge is 2.32. The molecule has 2 aromatic rings. The smallest absolute Gasteiger partial charge is 0.338 e. The Morgan fingerprint density at radius 2 is 1.73 bits per heavy atom. The molecular formula is C24H30N2O6S. The molecule has 3 unspecified atom stereocenters. The van der Waals surface area contributed by atoms with Gasteiger partial charge in [-0.25, -0.2) is 13.2 Å². The van der Waals surface area contributed by atoms with Gasteiger partial charge < -0.3 is 14.8 Å². The van der Waals surface area contributed by atoms with Crippen molar-refractivity contribution in [1.82, 2.24) is 4.31 Å². The third-order valence-electron chi connectivity index (χ3n) is 5.56. The zero-order chi connectivity index (χ0) is 24.2. The molecule has 9 heteroatoms. The first-order valence-corrected chi connectivity index (χ1v) is 12.3. The van der Waals surface area contributed by atoms with Crippen molar-refractivity contribution in [2.24, 2.45) is 11.8 Å². The molecule has 3 atom stereocenters. The average molecular weight is 475 g/mol. The van der Waals surface area contributed by atoms with E-state index in [0.717, 1.165) is 6.42 Å². The lowest BCUT2D eigenvalue weighted by Crippen LogP contribution is -2.42. The summed E-state index contributed by atoms with van der Waals surface area (Å²) in [5, 5.41) is 2.66. The van der Waals surface area contributed by atoms with Crippen molar-refractivity contribution in [3.63, 3.8) is 0 Å². The number of methoxy groups -OCH3 is 1. The number of carbonyl (C=O) groups excluding carboxylic acids is 2. The predicted octanol–water partition coefficient (Wildman–Crippen LogP) is 3.55. The number of para-hydroxylation sites is 2. The molecule has 1 aliphatic heterocycles. The van der Waals surface area contributed by atoms with Crippen LogP contribution in [-0.2, 0) is 19.6 Å². The topological polar surface area (TPSA) is 102 Å². The molecule has 0 bridgehead atoms. The maximum absolute atomic E-state index is 13.1. The lowest BCUT2D eigenvalue weighted by molar-refractivity contribution is -0.123. The minimum Gasteiger partial charge on any atom is -0.495 e. The van der Waals surface area contributed by atoms with Gasteiger partial charge in [0.1, 0.15) is 5.75 Å². The Bertz CT molecular complexity index is 1110. The van der Waals surface area contributed by atoms with E-state index in [2.05, 4.69) is 5.32 Å². The van der Waals surface area contributed by atoms with Crippen LogP contribution in [0.15, 0.2) is 53.4 Å². The van der Waals surface area contributed by atoms with E-state index in [1.54, 1.807) is 24.3 Å². The van der Waals surface area contributed by atoms with E-state index in [1.165, 1.54) is 42.6 Å². The van der Waals surface area contributed by atoms with E-state index >= 15 is 0 Å². The van der Waals surface area contributed by atoms with Crippen LogP contribution < -0.4 is 10.1 Å². The zero-order valence-corrected chi connectivity index (χ0v) is 20.1. The van der Waals surface area contributed by atoms with Crippen molar-refractivity contribution in [2.75, 3.05) is 25.5 Å². The van der Waals surface area contributed by atoms with Crippen LogP contribution in [-0.4, -0.2) is 50.9 Å². The Morgan fingerprint density at radius 3 is 2.39 bits per heavy atom. The fraction of sp³-hybridized carbons (Fsp3) is 0.417. The summed E-state index contributed by atoms with van der Waals surface area (Å²) in [6.45, 7) is 6.40. The Hall–Kier alpha value is -2.91. The molecule has 1 N–H and O–H groups in total. The van der Waals surface area contributed by atoms with Gasteiger partial charge >= 0.3 is 5.97 Å². The quantitative estimate of drug-likeness (QED) is 0.616. The Labute approximate surface area is 194 Å². The number of ether oxygens (including phenoxy) is 2. The van der Waals surface area contributed by atoms with Crippen molar-refractivity contribution in [2.45, 2.75) is 38.2 Å². The summed E-state index contributed by atoms with van der Waals surface area (Å²) in [5.41, 5.74) is 0.511. The van der Waals surface area contributed by atoms with Crippen molar-refractivity contribution in [1.29, 1.82) is 0 Å². The summed E-state index contributed by atoms with van der Waals surface area (Å²) in [5.74, 6) is -0.315. The maximum atomic E-state index is 13.1. The lowest BCUT2D eigenvalue weighted by atomic mass is 9.94. The highest BCUT2D eigenvalue weighted by molar-refractivity contribution is 7.89. The molecule has 8 nitrogen and oxygen atoms in total. The summed E-state index contributed by atoms with van der Waals surface area (Å²) in [6, 6.07) is 12.6. The van der Waals surface area contributed by atoms with Crippen molar-refractivity contribution in [3.8, 4) is 5.75 Å². The number of hydrogen-bond donors (Lipinski definition) is 1. The van der Waals surface area contributed by atoms with Crippen LogP contribution in [0.2, 0.25) is 0 Å². The van der Waals surface area contributed by atoms with Gasteiger partial charge in [0.25, 0.3) is 5.91 Å². The zero-order valence-electron chi connectivity index (χ0n) is 19.3. The number of rotatable bonds is 7. The SMILES string of the molecule is COc1ccccc1NC(=O)C(C)OC(=O)c1cccc(S(=O)(=O)N2CC(C)CC(C)C2)c1. The van der Waals surface area contributed by atoms with E-state index in [1.807, 2.05) is 13.8 Å². The summed E-state index contributed by atoms with van der Waals surface area (Å²) in [7, 11) is -2.26. The molecule has 33 heavy (non-hydrogen) atoms. The molecule has 1 saturated heterocycles. The molecule has 0 aromatic heterocycles. The summed E-state index contributed by atoms with van der Waals surface area (Å²) in [4.78, 5) is 25.2. The second-order valence-corrected chi connectivity index (χ2v) is 10.5. The molecule has 0 spiro atoms. The number of amides is 1. The number of benzene rings is 2. The maximum Gasteiger partial charge on any atom is 0.338 e. The molecule has 0 aliphatic carbocycles. The predicted molar refractivity (Wildman–Crippen MR) is 125 cm³/mol. The number of anilines is 1. The van der Waals surface area contributed by atoms with Crippen LogP contribution >= 0.6 is 0 Å². The standard InChI is InChI=1S/C24H30N2O6S/c1-16-12-17(2)15-26(14-16)33(29,30)20-9-7-8-19(13-20)24(28)32-18(3)23(27)25-21-10-5-6-11-22(21)31-4/h5-11,13,16-18H,12,14-15H2,1-4H3,(H,25,27).